The average molecular weight is 353 g/mol. The number of rotatable bonds is 5. The van der Waals surface area contributed by atoms with Gasteiger partial charge in [-0.05, 0) is 34.5 Å². The van der Waals surface area contributed by atoms with E-state index >= 15 is 0 Å². The molecule has 0 aliphatic carbocycles. The number of carbonyl (C=O) groups is 2. The molecule has 1 amide bonds. The van der Waals surface area contributed by atoms with Crippen molar-refractivity contribution >= 4 is 39.4 Å². The Hall–Kier alpha value is -1.14. The number of carbonyl (C=O) groups excluding carboxylic acids is 1. The van der Waals surface area contributed by atoms with Crippen LogP contribution >= 0.6 is 27.5 Å². The Bertz CT molecular complexity index is 510. The lowest BCUT2D eigenvalue weighted by molar-refractivity contribution is -0.139. The third-order valence-electron chi connectivity index (χ3n) is 2.42. The highest BCUT2D eigenvalue weighted by Gasteiger charge is 2.22. The molecule has 0 aliphatic rings. The summed E-state index contributed by atoms with van der Waals surface area (Å²) >= 11 is 8.67. The van der Waals surface area contributed by atoms with Crippen LogP contribution in [0.1, 0.15) is 30.1 Å². The molecule has 1 rings (SSSR count). The van der Waals surface area contributed by atoms with Crippen molar-refractivity contribution in [3.8, 4) is 0 Å². The normalized spacial score (nSPS) is 12.0. The largest absolute Gasteiger partial charge is 0.480 e. The summed E-state index contributed by atoms with van der Waals surface area (Å²) in [7, 11) is 0. The summed E-state index contributed by atoms with van der Waals surface area (Å²) < 4.78 is 13.8. The minimum absolute atomic E-state index is 0.0486. The SMILES string of the molecule is CCCC(NC(=O)c1cc(Cl)cc(Br)c1F)C(=O)O. The summed E-state index contributed by atoms with van der Waals surface area (Å²) in [5.74, 6) is -2.74. The lowest BCUT2D eigenvalue weighted by Crippen LogP contribution is -2.41. The number of amides is 1. The second-order valence-electron chi connectivity index (χ2n) is 3.90. The molecule has 0 fully saturated rings. The van der Waals surface area contributed by atoms with Gasteiger partial charge in [0.1, 0.15) is 11.9 Å². The molecule has 0 spiro atoms. The highest BCUT2D eigenvalue weighted by molar-refractivity contribution is 9.10. The van der Waals surface area contributed by atoms with Gasteiger partial charge < -0.3 is 10.4 Å². The summed E-state index contributed by atoms with van der Waals surface area (Å²) in [5, 5.41) is 11.4. The van der Waals surface area contributed by atoms with Gasteiger partial charge in [-0.15, -0.1) is 0 Å². The van der Waals surface area contributed by atoms with Crippen LogP contribution in [0.5, 0.6) is 0 Å². The Balaban J connectivity index is 2.97. The van der Waals surface area contributed by atoms with Gasteiger partial charge in [0.2, 0.25) is 0 Å². The Labute approximate surface area is 123 Å². The van der Waals surface area contributed by atoms with Gasteiger partial charge in [-0.3, -0.25) is 4.79 Å². The molecule has 1 unspecified atom stereocenters. The van der Waals surface area contributed by atoms with E-state index in [1.165, 1.54) is 6.07 Å². The van der Waals surface area contributed by atoms with Gasteiger partial charge in [0, 0.05) is 5.02 Å². The highest BCUT2D eigenvalue weighted by Crippen LogP contribution is 2.24. The van der Waals surface area contributed by atoms with Gasteiger partial charge in [0.05, 0.1) is 10.0 Å². The highest BCUT2D eigenvalue weighted by atomic mass is 79.9. The number of halogens is 3. The third kappa shape index (κ3) is 4.18. The first-order valence-electron chi connectivity index (χ1n) is 5.55. The quantitative estimate of drug-likeness (QED) is 0.800. The van der Waals surface area contributed by atoms with Crippen molar-refractivity contribution in [2.75, 3.05) is 0 Å². The molecule has 104 valence electrons. The molecular formula is C12H12BrClFNO3. The van der Waals surface area contributed by atoms with Crippen LogP contribution in [0.2, 0.25) is 5.02 Å². The first-order valence-corrected chi connectivity index (χ1v) is 6.72. The van der Waals surface area contributed by atoms with E-state index in [2.05, 4.69) is 21.2 Å². The summed E-state index contributed by atoms with van der Waals surface area (Å²) in [6, 6.07) is 1.42. The van der Waals surface area contributed by atoms with E-state index in [0.717, 1.165) is 6.07 Å². The molecule has 0 radical (unpaired) electrons. The molecule has 1 atom stereocenters. The molecular weight excluding hydrogens is 340 g/mol. The monoisotopic (exact) mass is 351 g/mol. The summed E-state index contributed by atoms with van der Waals surface area (Å²) in [4.78, 5) is 22.8. The Morgan fingerprint density at radius 3 is 2.68 bits per heavy atom. The molecule has 1 aromatic rings. The molecule has 0 saturated heterocycles. The maximum atomic E-state index is 13.8. The van der Waals surface area contributed by atoms with Gasteiger partial charge in [-0.25, -0.2) is 9.18 Å². The van der Waals surface area contributed by atoms with Crippen molar-refractivity contribution in [1.29, 1.82) is 0 Å². The summed E-state index contributed by atoms with van der Waals surface area (Å²) in [6.07, 6.45) is 0.851. The number of hydrogen-bond acceptors (Lipinski definition) is 2. The van der Waals surface area contributed by atoms with E-state index in [1.54, 1.807) is 6.92 Å². The second kappa shape index (κ2) is 6.86. The third-order valence-corrected chi connectivity index (χ3v) is 3.21. The van der Waals surface area contributed by atoms with Crippen molar-refractivity contribution in [2.24, 2.45) is 0 Å². The van der Waals surface area contributed by atoms with Crippen molar-refractivity contribution in [2.45, 2.75) is 25.8 Å². The standard InChI is InChI=1S/C12H12BrClFNO3/c1-2-3-9(12(18)19)16-11(17)7-4-6(14)5-8(13)10(7)15/h4-5,9H,2-3H2,1H3,(H,16,17)(H,18,19). The van der Waals surface area contributed by atoms with Crippen LogP contribution in [-0.2, 0) is 4.79 Å². The summed E-state index contributed by atoms with van der Waals surface area (Å²) in [5.41, 5.74) is -0.290. The molecule has 19 heavy (non-hydrogen) atoms. The molecule has 0 heterocycles. The van der Waals surface area contributed by atoms with E-state index in [1.807, 2.05) is 0 Å². The van der Waals surface area contributed by atoms with E-state index in [9.17, 15) is 14.0 Å². The maximum absolute atomic E-state index is 13.8. The molecule has 0 bridgehead atoms. The van der Waals surface area contributed by atoms with Crippen LogP contribution in [0.3, 0.4) is 0 Å². The van der Waals surface area contributed by atoms with E-state index < -0.39 is 23.7 Å². The van der Waals surface area contributed by atoms with Crippen molar-refractivity contribution < 1.29 is 19.1 Å². The van der Waals surface area contributed by atoms with Gasteiger partial charge in [-0.1, -0.05) is 24.9 Å². The molecule has 1 aromatic carbocycles. The van der Waals surface area contributed by atoms with Crippen LogP contribution in [0.15, 0.2) is 16.6 Å². The lowest BCUT2D eigenvalue weighted by atomic mass is 10.1. The van der Waals surface area contributed by atoms with Crippen LogP contribution < -0.4 is 5.32 Å². The molecule has 0 aromatic heterocycles. The zero-order valence-corrected chi connectivity index (χ0v) is 12.4. The zero-order valence-electron chi connectivity index (χ0n) is 10.0. The minimum Gasteiger partial charge on any atom is -0.480 e. The summed E-state index contributed by atoms with van der Waals surface area (Å²) in [6.45, 7) is 1.79. The lowest BCUT2D eigenvalue weighted by Gasteiger charge is -2.14. The maximum Gasteiger partial charge on any atom is 0.326 e. The van der Waals surface area contributed by atoms with Crippen molar-refractivity contribution in [3.63, 3.8) is 0 Å². The first kappa shape index (κ1) is 15.9. The Kier molecular flexibility index (Phi) is 5.75. The number of carboxylic acid groups (broad SMARTS) is 1. The Morgan fingerprint density at radius 1 is 1.53 bits per heavy atom. The van der Waals surface area contributed by atoms with Crippen LogP contribution in [0.25, 0.3) is 0 Å². The fourth-order valence-corrected chi connectivity index (χ4v) is 2.31. The molecule has 0 saturated carbocycles. The predicted octanol–water partition coefficient (Wildman–Crippen LogP) is 3.22. The van der Waals surface area contributed by atoms with Gasteiger partial charge >= 0.3 is 5.97 Å². The fourth-order valence-electron chi connectivity index (χ4n) is 1.50. The second-order valence-corrected chi connectivity index (χ2v) is 5.19. The van der Waals surface area contributed by atoms with Crippen molar-refractivity contribution in [1.82, 2.24) is 5.32 Å². The average Bonchev–Trinajstić information content (AvgIpc) is 2.32. The van der Waals surface area contributed by atoms with Crippen molar-refractivity contribution in [3.05, 3.63) is 33.0 Å². The van der Waals surface area contributed by atoms with E-state index in [4.69, 9.17) is 16.7 Å². The fraction of sp³-hybridized carbons (Fsp3) is 0.333. The molecule has 2 N–H and O–H groups in total. The molecule has 4 nitrogen and oxygen atoms in total. The zero-order chi connectivity index (χ0) is 14.6. The topological polar surface area (TPSA) is 66.4 Å². The van der Waals surface area contributed by atoms with E-state index in [-0.39, 0.29) is 21.5 Å². The van der Waals surface area contributed by atoms with Crippen LogP contribution in [0, 0.1) is 5.82 Å². The number of hydrogen-bond donors (Lipinski definition) is 2. The predicted molar refractivity (Wildman–Crippen MR) is 72.9 cm³/mol. The van der Waals surface area contributed by atoms with Crippen LogP contribution in [0.4, 0.5) is 4.39 Å². The van der Waals surface area contributed by atoms with Gasteiger partial charge in [0.25, 0.3) is 5.91 Å². The molecule has 0 aliphatic heterocycles. The Morgan fingerprint density at radius 2 is 2.16 bits per heavy atom. The van der Waals surface area contributed by atoms with Gasteiger partial charge in [-0.2, -0.15) is 0 Å². The first-order chi connectivity index (χ1) is 8.86. The number of benzene rings is 1. The number of nitrogens with one attached hydrogen (secondary N) is 1. The smallest absolute Gasteiger partial charge is 0.326 e. The van der Waals surface area contributed by atoms with Crippen LogP contribution in [-0.4, -0.2) is 23.0 Å². The van der Waals surface area contributed by atoms with E-state index in [0.29, 0.717) is 6.42 Å². The molecule has 7 heteroatoms. The minimum atomic E-state index is -1.16. The number of aliphatic carboxylic acids is 1. The number of carboxylic acids is 1. The van der Waals surface area contributed by atoms with Gasteiger partial charge in [0.15, 0.2) is 0 Å².